The Balaban J connectivity index is 2.31. The van der Waals surface area contributed by atoms with Crippen molar-refractivity contribution in [2.45, 2.75) is 38.5 Å². The van der Waals surface area contributed by atoms with E-state index in [1.807, 2.05) is 37.3 Å². The molecule has 0 bridgehead atoms. The van der Waals surface area contributed by atoms with E-state index >= 15 is 0 Å². The maximum atomic E-state index is 13.3. The van der Waals surface area contributed by atoms with Crippen molar-refractivity contribution < 1.29 is 13.2 Å². The zero-order valence-corrected chi connectivity index (χ0v) is 18.6. The Morgan fingerprint density at radius 3 is 2.45 bits per heavy atom. The minimum atomic E-state index is -2.84. The van der Waals surface area contributed by atoms with E-state index in [1.165, 1.54) is 9.47 Å². The smallest absolute Gasteiger partial charge is 0.339 e. The highest BCUT2D eigenvalue weighted by Crippen LogP contribution is 2.24. The SMILES string of the molecule is CCCN(C)C(=O)n1c(=O)n(Cc2ccccc2)c2nc(C(CC)[SH](=O)=O)nc(N)c21. The number of anilines is 1. The Morgan fingerprint density at radius 1 is 1.19 bits per heavy atom. The molecule has 166 valence electrons. The number of carbonyl (C=O) groups is 1. The molecule has 0 saturated carbocycles. The van der Waals surface area contributed by atoms with Gasteiger partial charge in [-0.05, 0) is 18.4 Å². The number of benzene rings is 1. The minimum absolute atomic E-state index is 0.0111. The number of thiol groups is 1. The van der Waals surface area contributed by atoms with Crippen LogP contribution in [0, 0.1) is 0 Å². The molecule has 3 aromatic rings. The fraction of sp³-hybridized carbons (Fsp3) is 0.400. The molecular formula is C20H26N6O4S. The second-order valence-electron chi connectivity index (χ2n) is 7.24. The van der Waals surface area contributed by atoms with Crippen LogP contribution in [-0.4, -0.2) is 52.0 Å². The fourth-order valence-corrected chi connectivity index (χ4v) is 4.05. The van der Waals surface area contributed by atoms with Crippen molar-refractivity contribution in [3.05, 3.63) is 52.2 Å². The van der Waals surface area contributed by atoms with Gasteiger partial charge in [0.1, 0.15) is 21.5 Å². The molecule has 0 fully saturated rings. The van der Waals surface area contributed by atoms with Crippen molar-refractivity contribution in [3.8, 4) is 0 Å². The van der Waals surface area contributed by atoms with Crippen LogP contribution in [0.2, 0.25) is 0 Å². The minimum Gasteiger partial charge on any atom is -0.382 e. The highest BCUT2D eigenvalue weighted by molar-refractivity contribution is 7.72. The molecule has 2 aromatic heterocycles. The molecule has 31 heavy (non-hydrogen) atoms. The number of nitrogen functional groups attached to an aromatic ring is 1. The van der Waals surface area contributed by atoms with Gasteiger partial charge in [-0.1, -0.05) is 44.2 Å². The predicted octanol–water partition coefficient (Wildman–Crippen LogP) is 1.60. The second-order valence-corrected chi connectivity index (χ2v) is 8.44. The zero-order chi connectivity index (χ0) is 22.7. The fourth-order valence-electron chi connectivity index (χ4n) is 3.45. The van der Waals surface area contributed by atoms with Crippen LogP contribution >= 0.6 is 0 Å². The van der Waals surface area contributed by atoms with Crippen molar-refractivity contribution in [2.75, 3.05) is 19.3 Å². The molecule has 0 spiro atoms. The first-order valence-corrected chi connectivity index (χ1v) is 11.3. The predicted molar refractivity (Wildman–Crippen MR) is 119 cm³/mol. The third kappa shape index (κ3) is 4.31. The molecule has 0 saturated heterocycles. The lowest BCUT2D eigenvalue weighted by Gasteiger charge is -2.16. The average Bonchev–Trinajstić information content (AvgIpc) is 3.01. The van der Waals surface area contributed by atoms with Gasteiger partial charge in [0, 0.05) is 13.6 Å². The van der Waals surface area contributed by atoms with Crippen LogP contribution < -0.4 is 11.4 Å². The van der Waals surface area contributed by atoms with Crippen molar-refractivity contribution in [3.63, 3.8) is 0 Å². The van der Waals surface area contributed by atoms with Crippen molar-refractivity contribution in [1.29, 1.82) is 0 Å². The number of aromatic nitrogens is 4. The van der Waals surface area contributed by atoms with Gasteiger partial charge in [0.25, 0.3) is 0 Å². The third-order valence-electron chi connectivity index (χ3n) is 5.01. The summed E-state index contributed by atoms with van der Waals surface area (Å²) in [5.74, 6) is -0.102. The molecule has 11 heteroatoms. The third-order valence-corrected chi connectivity index (χ3v) is 6.12. The van der Waals surface area contributed by atoms with Crippen LogP contribution in [0.4, 0.5) is 10.6 Å². The van der Waals surface area contributed by atoms with Crippen molar-refractivity contribution in [2.24, 2.45) is 0 Å². The quantitative estimate of drug-likeness (QED) is 0.527. The average molecular weight is 447 g/mol. The first kappa shape index (κ1) is 22.5. The molecule has 1 aromatic carbocycles. The molecule has 1 unspecified atom stereocenters. The van der Waals surface area contributed by atoms with Crippen molar-refractivity contribution >= 4 is 33.7 Å². The second kappa shape index (κ2) is 9.29. The Labute approximate surface area is 181 Å². The van der Waals surface area contributed by atoms with E-state index in [1.54, 1.807) is 14.0 Å². The number of amides is 1. The standard InChI is InChI=1S/C20H26N6O4S/c1-4-11-24(3)19(27)26-15-16(21)22-17(14(5-2)31(29)30)23-18(15)25(20(26)28)12-13-9-7-6-8-10-13/h6-10,14,31H,4-5,11-12H2,1-3H3,(H2,21,22,23). The summed E-state index contributed by atoms with van der Waals surface area (Å²) in [5, 5.41) is -0.941. The Bertz CT molecular complexity index is 1220. The van der Waals surface area contributed by atoms with Gasteiger partial charge in [0.05, 0.1) is 6.54 Å². The lowest BCUT2D eigenvalue weighted by molar-refractivity contribution is 0.210. The highest BCUT2D eigenvalue weighted by Gasteiger charge is 2.27. The molecule has 3 rings (SSSR count). The zero-order valence-electron chi connectivity index (χ0n) is 17.7. The highest BCUT2D eigenvalue weighted by atomic mass is 32.2. The van der Waals surface area contributed by atoms with E-state index in [2.05, 4.69) is 9.97 Å². The van der Waals surface area contributed by atoms with Gasteiger partial charge in [-0.25, -0.2) is 32.5 Å². The first-order valence-electron chi connectivity index (χ1n) is 10.0. The van der Waals surface area contributed by atoms with Crippen LogP contribution in [0.1, 0.15) is 43.3 Å². The van der Waals surface area contributed by atoms with Gasteiger partial charge >= 0.3 is 11.7 Å². The normalized spacial score (nSPS) is 12.4. The van der Waals surface area contributed by atoms with Gasteiger partial charge in [0.2, 0.25) is 0 Å². The maximum Gasteiger partial charge on any atom is 0.339 e. The molecule has 0 aliphatic carbocycles. The van der Waals surface area contributed by atoms with Gasteiger partial charge in [-0.15, -0.1) is 0 Å². The van der Waals surface area contributed by atoms with Crippen LogP contribution in [0.15, 0.2) is 35.1 Å². The number of fused-ring (bicyclic) bond motifs is 1. The molecule has 0 aliphatic heterocycles. The number of hydrogen-bond donors (Lipinski definition) is 2. The Morgan fingerprint density at radius 2 is 1.87 bits per heavy atom. The molecular weight excluding hydrogens is 420 g/mol. The summed E-state index contributed by atoms with van der Waals surface area (Å²) < 4.78 is 25.6. The van der Waals surface area contributed by atoms with E-state index in [0.29, 0.717) is 13.0 Å². The topological polar surface area (TPSA) is 133 Å². The van der Waals surface area contributed by atoms with E-state index in [9.17, 15) is 18.0 Å². The van der Waals surface area contributed by atoms with Gasteiger partial charge in [-0.3, -0.25) is 4.57 Å². The van der Waals surface area contributed by atoms with Gasteiger partial charge in [0.15, 0.2) is 17.3 Å². The summed E-state index contributed by atoms with van der Waals surface area (Å²) in [7, 11) is -1.25. The van der Waals surface area contributed by atoms with E-state index < -0.39 is 27.7 Å². The maximum absolute atomic E-state index is 13.3. The van der Waals surface area contributed by atoms with Gasteiger partial charge in [-0.2, -0.15) is 0 Å². The number of imidazole rings is 1. The van der Waals surface area contributed by atoms with E-state index in [-0.39, 0.29) is 35.8 Å². The van der Waals surface area contributed by atoms with Crippen molar-refractivity contribution in [1.82, 2.24) is 24.0 Å². The summed E-state index contributed by atoms with van der Waals surface area (Å²) in [6.07, 6.45) is 0.968. The number of rotatable bonds is 7. The lowest BCUT2D eigenvalue weighted by atomic mass is 10.2. The summed E-state index contributed by atoms with van der Waals surface area (Å²) in [6.45, 7) is 4.21. The molecule has 0 radical (unpaired) electrons. The Kier molecular flexibility index (Phi) is 6.74. The molecule has 0 aliphatic rings. The van der Waals surface area contributed by atoms with E-state index in [0.717, 1.165) is 10.1 Å². The summed E-state index contributed by atoms with van der Waals surface area (Å²) in [5.41, 5.74) is 6.56. The Hall–Kier alpha value is -3.21. The van der Waals surface area contributed by atoms with Crippen LogP contribution in [0.5, 0.6) is 0 Å². The first-order chi connectivity index (χ1) is 14.8. The number of hydrogen-bond acceptors (Lipinski definition) is 7. The van der Waals surface area contributed by atoms with Crippen LogP contribution in [0.3, 0.4) is 0 Å². The number of nitrogens with two attached hydrogens (primary N) is 1. The van der Waals surface area contributed by atoms with E-state index in [4.69, 9.17) is 5.73 Å². The monoisotopic (exact) mass is 446 g/mol. The largest absolute Gasteiger partial charge is 0.382 e. The summed E-state index contributed by atoms with van der Waals surface area (Å²) in [4.78, 5) is 36.3. The molecule has 1 amide bonds. The molecule has 10 nitrogen and oxygen atoms in total. The summed E-state index contributed by atoms with van der Waals surface area (Å²) in [6, 6.07) is 8.67. The summed E-state index contributed by atoms with van der Waals surface area (Å²) >= 11 is 0. The number of nitrogens with zero attached hydrogens (tertiary/aromatic N) is 5. The number of carbonyl (C=O) groups excluding carboxylic acids is 1. The lowest BCUT2D eigenvalue weighted by Crippen LogP contribution is -2.38. The van der Waals surface area contributed by atoms with Crippen LogP contribution in [0.25, 0.3) is 11.2 Å². The molecule has 2 heterocycles. The molecule has 2 N–H and O–H groups in total. The van der Waals surface area contributed by atoms with Gasteiger partial charge < -0.3 is 10.6 Å². The molecule has 1 atom stereocenters. The van der Waals surface area contributed by atoms with Crippen LogP contribution in [-0.2, 0) is 17.2 Å².